The number of para-hydroxylation sites is 1. The highest BCUT2D eigenvalue weighted by molar-refractivity contribution is 6.72. The Kier molecular flexibility index (Phi) is 9.83. The van der Waals surface area contributed by atoms with Crippen molar-refractivity contribution < 1.29 is 28.3 Å². The average molecular weight is 680 g/mol. The molecule has 0 bridgehead atoms. The molecule has 1 fully saturated rings. The third-order valence-electron chi connectivity index (χ3n) is 9.77. The van der Waals surface area contributed by atoms with Crippen LogP contribution in [-0.4, -0.2) is 55.4 Å². The number of aliphatic hydroxyl groups excluding tert-OH is 1. The van der Waals surface area contributed by atoms with Gasteiger partial charge in [0, 0.05) is 41.4 Å². The third-order valence-corrected chi connectivity index (χ3v) is 12.2. The molecule has 254 valence electrons. The van der Waals surface area contributed by atoms with Gasteiger partial charge in [-0.25, -0.2) is 0 Å². The number of anilines is 2. The minimum Gasteiger partial charge on any atom is -0.395 e. The van der Waals surface area contributed by atoms with Crippen molar-refractivity contribution in [2.45, 2.75) is 56.8 Å². The lowest BCUT2D eigenvalue weighted by Gasteiger charge is -2.31. The van der Waals surface area contributed by atoms with Gasteiger partial charge in [0.1, 0.15) is 0 Å². The predicted molar refractivity (Wildman–Crippen MR) is 190 cm³/mol. The fourth-order valence-corrected chi connectivity index (χ4v) is 10.0. The van der Waals surface area contributed by atoms with Crippen molar-refractivity contribution in [3.8, 4) is 0 Å². The first-order chi connectivity index (χ1) is 23.5. The maximum atomic E-state index is 16.3. The molecule has 4 atom stereocenters. The first-order valence-electron chi connectivity index (χ1n) is 16.7. The molecule has 2 heterocycles. The van der Waals surface area contributed by atoms with Gasteiger partial charge in [-0.3, -0.25) is 14.4 Å². The number of carbonyl (C=O) groups excluding carboxylic acids is 3. The van der Waals surface area contributed by atoms with Crippen molar-refractivity contribution in [3.05, 3.63) is 131 Å². The molecule has 1 saturated heterocycles. The van der Waals surface area contributed by atoms with Crippen molar-refractivity contribution in [2.24, 2.45) is 5.92 Å². The maximum Gasteiger partial charge on any atom is 0.264 e. The number of rotatable bonds is 11. The lowest BCUT2D eigenvalue weighted by Crippen LogP contribution is -2.45. The van der Waals surface area contributed by atoms with E-state index in [2.05, 4.69) is 5.32 Å². The Morgan fingerprint density at radius 2 is 1.55 bits per heavy atom. The van der Waals surface area contributed by atoms with Crippen LogP contribution in [0.15, 0.2) is 109 Å². The highest BCUT2D eigenvalue weighted by Crippen LogP contribution is 2.60. The van der Waals surface area contributed by atoms with E-state index in [9.17, 15) is 19.5 Å². The largest absolute Gasteiger partial charge is 0.395 e. The van der Waals surface area contributed by atoms with Crippen molar-refractivity contribution in [3.63, 3.8) is 0 Å². The average Bonchev–Trinajstić information content (AvgIpc) is 3.52. The van der Waals surface area contributed by atoms with Crippen molar-refractivity contribution in [1.29, 1.82) is 0 Å². The smallest absolute Gasteiger partial charge is 0.264 e. The van der Waals surface area contributed by atoms with Gasteiger partial charge in [0.05, 0.1) is 31.4 Å². The van der Waals surface area contributed by atoms with Gasteiger partial charge in [-0.05, 0) is 54.6 Å². The standard InChI is InChI=1S/C39H42FN3O5Si/c1-27-36(49(2,3)40)34(24-35(45)42(22-23-44)25-28-12-6-4-7-13-28)48-39(27)32-16-10-11-17-33(32)43(38(39)47)26-29-18-20-31(21-19-29)41-37(46)30-14-8-5-9-15-30/h4-21,27,34,36,44H,22-26H2,1-3H3,(H,41,46)/t27-,34+,36-,39+/m0/s1. The van der Waals surface area contributed by atoms with Crippen LogP contribution in [0.1, 0.15) is 40.4 Å². The number of fused-ring (bicyclic) bond motifs is 2. The van der Waals surface area contributed by atoms with Crippen LogP contribution in [0.4, 0.5) is 15.5 Å². The first kappa shape index (κ1) is 34.2. The van der Waals surface area contributed by atoms with Gasteiger partial charge < -0.3 is 29.1 Å². The normalized spacial score (nSPS) is 21.5. The molecule has 0 saturated carbocycles. The van der Waals surface area contributed by atoms with E-state index in [-0.39, 0.29) is 43.8 Å². The van der Waals surface area contributed by atoms with Crippen LogP contribution < -0.4 is 10.2 Å². The fourth-order valence-electron chi connectivity index (χ4n) is 7.55. The number of amides is 3. The summed E-state index contributed by atoms with van der Waals surface area (Å²) in [6.07, 6.45) is -0.925. The summed E-state index contributed by atoms with van der Waals surface area (Å²) in [5.41, 5.74) is 2.22. The van der Waals surface area contributed by atoms with Crippen LogP contribution in [0.2, 0.25) is 18.6 Å². The summed E-state index contributed by atoms with van der Waals surface area (Å²) >= 11 is 0. The van der Waals surface area contributed by atoms with Crippen LogP contribution in [0.25, 0.3) is 0 Å². The highest BCUT2D eigenvalue weighted by Gasteiger charge is 2.66. The zero-order chi connectivity index (χ0) is 34.8. The SMILES string of the molecule is C[C@H]1[C@H]([Si](C)(C)F)[C@@H](CC(=O)N(CCO)Cc2ccccc2)O[C@]12C(=O)N(Cc1ccc(NC(=O)c3ccccc3)cc1)c1ccccc12. The Labute approximate surface area is 287 Å². The molecule has 3 amide bonds. The molecule has 49 heavy (non-hydrogen) atoms. The van der Waals surface area contributed by atoms with E-state index in [1.54, 1.807) is 47.2 Å². The van der Waals surface area contributed by atoms with E-state index in [0.29, 0.717) is 29.0 Å². The summed E-state index contributed by atoms with van der Waals surface area (Å²) in [5, 5.41) is 12.7. The molecule has 10 heteroatoms. The molecule has 6 rings (SSSR count). The molecule has 8 nitrogen and oxygen atoms in total. The second-order valence-corrected chi connectivity index (χ2v) is 17.2. The zero-order valence-corrected chi connectivity index (χ0v) is 29.0. The van der Waals surface area contributed by atoms with Gasteiger partial charge >= 0.3 is 0 Å². The van der Waals surface area contributed by atoms with Crippen LogP contribution >= 0.6 is 0 Å². The molecule has 0 aliphatic carbocycles. The van der Waals surface area contributed by atoms with E-state index in [4.69, 9.17) is 4.74 Å². The molecule has 0 unspecified atom stereocenters. The van der Waals surface area contributed by atoms with Gasteiger partial charge in [0.15, 0.2) is 5.60 Å². The number of ether oxygens (including phenoxy) is 1. The number of hydrogen-bond donors (Lipinski definition) is 2. The second-order valence-electron chi connectivity index (χ2n) is 13.4. The lowest BCUT2D eigenvalue weighted by molar-refractivity contribution is -0.150. The van der Waals surface area contributed by atoms with Crippen molar-refractivity contribution >= 4 is 37.5 Å². The van der Waals surface area contributed by atoms with Gasteiger partial charge in [0.25, 0.3) is 11.8 Å². The molecule has 2 aliphatic heterocycles. The Morgan fingerprint density at radius 1 is 0.918 bits per heavy atom. The van der Waals surface area contributed by atoms with E-state index < -0.39 is 31.6 Å². The molecule has 0 aromatic heterocycles. The quantitative estimate of drug-likeness (QED) is 0.136. The molecular weight excluding hydrogens is 638 g/mol. The van der Waals surface area contributed by atoms with E-state index in [0.717, 1.165) is 11.1 Å². The number of aliphatic hydroxyl groups is 1. The number of benzene rings is 4. The van der Waals surface area contributed by atoms with Gasteiger partial charge in [-0.2, -0.15) is 0 Å². The Balaban J connectivity index is 1.25. The molecule has 2 aliphatic rings. The van der Waals surface area contributed by atoms with E-state index in [1.165, 1.54) is 0 Å². The Morgan fingerprint density at radius 3 is 2.20 bits per heavy atom. The maximum absolute atomic E-state index is 16.3. The van der Waals surface area contributed by atoms with Gasteiger partial charge in [-0.1, -0.05) is 85.8 Å². The summed E-state index contributed by atoms with van der Waals surface area (Å²) in [7, 11) is -3.48. The molecular formula is C39H42FN3O5Si. The van der Waals surface area contributed by atoms with Gasteiger partial charge in [0.2, 0.25) is 14.3 Å². The number of nitrogens with zero attached hydrogens (tertiary/aromatic N) is 2. The number of hydrogen-bond acceptors (Lipinski definition) is 5. The van der Waals surface area contributed by atoms with Gasteiger partial charge in [-0.15, -0.1) is 0 Å². The minimum atomic E-state index is -3.48. The Bertz CT molecular complexity index is 1800. The number of carbonyl (C=O) groups is 3. The molecule has 1 spiro atoms. The fraction of sp³-hybridized carbons (Fsp3) is 0.308. The summed E-state index contributed by atoms with van der Waals surface area (Å²) in [5.74, 6) is -1.29. The van der Waals surface area contributed by atoms with Crippen LogP contribution in [0, 0.1) is 5.92 Å². The summed E-state index contributed by atoms with van der Waals surface area (Å²) < 4.78 is 23.1. The molecule has 4 aromatic rings. The predicted octanol–water partition coefficient (Wildman–Crippen LogP) is 6.67. The second kappa shape index (κ2) is 14.1. The number of nitrogens with one attached hydrogen (secondary N) is 1. The summed E-state index contributed by atoms with van der Waals surface area (Å²) in [4.78, 5) is 44.3. The monoisotopic (exact) mass is 679 g/mol. The molecule has 2 N–H and O–H groups in total. The van der Waals surface area contributed by atoms with Crippen molar-refractivity contribution in [1.82, 2.24) is 4.90 Å². The third kappa shape index (κ3) is 6.81. The Hall–Kier alpha value is -4.64. The van der Waals surface area contributed by atoms with E-state index >= 15 is 4.11 Å². The van der Waals surface area contributed by atoms with Crippen LogP contribution in [-0.2, 0) is 33.0 Å². The van der Waals surface area contributed by atoms with Crippen molar-refractivity contribution in [2.75, 3.05) is 23.4 Å². The topological polar surface area (TPSA) is 99.2 Å². The molecule has 0 radical (unpaired) electrons. The summed E-state index contributed by atoms with van der Waals surface area (Å²) in [6, 6.07) is 33.3. The lowest BCUT2D eigenvalue weighted by atomic mass is 9.82. The van der Waals surface area contributed by atoms with Crippen LogP contribution in [0.3, 0.4) is 0 Å². The van der Waals surface area contributed by atoms with Crippen LogP contribution in [0.5, 0.6) is 0 Å². The highest BCUT2D eigenvalue weighted by atomic mass is 28.4. The molecule has 4 aromatic carbocycles. The zero-order valence-electron chi connectivity index (χ0n) is 28.0. The van der Waals surface area contributed by atoms with E-state index in [1.807, 2.05) is 91.9 Å². The first-order valence-corrected chi connectivity index (χ1v) is 19.6. The minimum absolute atomic E-state index is 0.102. The summed E-state index contributed by atoms with van der Waals surface area (Å²) in [6.45, 7) is 5.58. The number of halogens is 1.